The highest BCUT2D eigenvalue weighted by Gasteiger charge is 2.26. The summed E-state index contributed by atoms with van der Waals surface area (Å²) < 4.78 is 11.6. The number of carbonyl (C=O) groups excluding carboxylic acids is 2. The second-order valence-corrected chi connectivity index (χ2v) is 7.88. The lowest BCUT2D eigenvalue weighted by Gasteiger charge is -2.18. The number of fused-ring (bicyclic) bond motifs is 1. The third kappa shape index (κ3) is 4.01. The fraction of sp³-hybridized carbons (Fsp3) is 0.350. The van der Waals surface area contributed by atoms with Gasteiger partial charge in [0.05, 0.1) is 21.6 Å². The number of furan rings is 1. The average Bonchev–Trinajstić information content (AvgIpc) is 3.18. The van der Waals surface area contributed by atoms with E-state index in [4.69, 9.17) is 14.9 Å². The van der Waals surface area contributed by atoms with E-state index in [0.717, 1.165) is 10.6 Å². The number of nitrogens with two attached hydrogens (primary N) is 1. The molecule has 1 aromatic carbocycles. The molecule has 0 radical (unpaired) electrons. The summed E-state index contributed by atoms with van der Waals surface area (Å²) in [5, 5.41) is 3.34. The van der Waals surface area contributed by atoms with Crippen molar-refractivity contribution in [2.24, 2.45) is 11.7 Å². The maximum Gasteiger partial charge on any atom is 0.256 e. The number of hydrogen-bond acceptors (Lipinski definition) is 6. The van der Waals surface area contributed by atoms with E-state index >= 15 is 0 Å². The third-order valence-electron chi connectivity index (χ3n) is 4.54. The van der Waals surface area contributed by atoms with Crippen LogP contribution in [0.4, 0.5) is 0 Å². The second kappa shape index (κ2) is 8.02. The van der Waals surface area contributed by atoms with E-state index in [0.29, 0.717) is 34.6 Å². The van der Waals surface area contributed by atoms with Crippen LogP contribution in [0.25, 0.3) is 11.0 Å². The molecule has 3 aromatic rings. The summed E-state index contributed by atoms with van der Waals surface area (Å²) in [7, 11) is 0. The monoisotopic (exact) mass is 401 g/mol. The Morgan fingerprint density at radius 2 is 2.07 bits per heavy atom. The molecule has 1 unspecified atom stereocenters. The molecule has 3 rings (SSSR count). The Morgan fingerprint density at radius 3 is 2.68 bits per heavy atom. The first-order valence-corrected chi connectivity index (χ1v) is 9.81. The van der Waals surface area contributed by atoms with Crippen LogP contribution in [0.5, 0.6) is 5.75 Å². The van der Waals surface area contributed by atoms with Gasteiger partial charge in [0.2, 0.25) is 5.91 Å². The average molecular weight is 401 g/mol. The van der Waals surface area contributed by atoms with Gasteiger partial charge in [-0.2, -0.15) is 0 Å². The Labute approximate surface area is 166 Å². The molecule has 0 bridgehead atoms. The molecule has 2 heterocycles. The topological polar surface area (TPSA) is 107 Å². The lowest BCUT2D eigenvalue weighted by Crippen LogP contribution is -2.47. The van der Waals surface area contributed by atoms with Crippen molar-refractivity contribution in [2.75, 3.05) is 0 Å². The van der Waals surface area contributed by atoms with Crippen molar-refractivity contribution < 1.29 is 18.7 Å². The van der Waals surface area contributed by atoms with Gasteiger partial charge < -0.3 is 20.2 Å². The number of rotatable bonds is 7. The van der Waals surface area contributed by atoms with E-state index in [-0.39, 0.29) is 5.92 Å². The van der Waals surface area contributed by atoms with Crippen LogP contribution in [0.2, 0.25) is 0 Å². The van der Waals surface area contributed by atoms with Crippen molar-refractivity contribution in [3.63, 3.8) is 0 Å². The number of nitrogens with zero attached hydrogens (tertiary/aromatic N) is 1. The minimum absolute atomic E-state index is 0.124. The SMILES string of the molecule is Cc1ncsc1COc1ccc2oc(C)c(C(=O)NC(C(N)=O)C(C)C)c2c1. The fourth-order valence-electron chi connectivity index (χ4n) is 2.96. The molecule has 0 saturated heterocycles. The number of benzene rings is 1. The van der Waals surface area contributed by atoms with E-state index in [1.54, 1.807) is 30.6 Å². The molecule has 0 fully saturated rings. The van der Waals surface area contributed by atoms with Crippen LogP contribution in [-0.4, -0.2) is 22.8 Å². The molecule has 1 atom stereocenters. The first-order valence-electron chi connectivity index (χ1n) is 8.93. The Morgan fingerprint density at radius 1 is 1.32 bits per heavy atom. The highest BCUT2D eigenvalue weighted by Crippen LogP contribution is 2.30. The van der Waals surface area contributed by atoms with Gasteiger partial charge in [0.1, 0.15) is 29.7 Å². The summed E-state index contributed by atoms with van der Waals surface area (Å²) in [5.41, 5.74) is 9.08. The molecular formula is C20H23N3O4S. The van der Waals surface area contributed by atoms with Crippen LogP contribution in [-0.2, 0) is 11.4 Å². The molecule has 2 amide bonds. The van der Waals surface area contributed by atoms with Gasteiger partial charge in [0.25, 0.3) is 5.91 Å². The lowest BCUT2D eigenvalue weighted by molar-refractivity contribution is -0.120. The maximum atomic E-state index is 12.8. The Hall–Kier alpha value is -2.87. The van der Waals surface area contributed by atoms with Gasteiger partial charge in [0, 0.05) is 5.39 Å². The normalized spacial score (nSPS) is 12.3. The van der Waals surface area contributed by atoms with E-state index in [9.17, 15) is 9.59 Å². The van der Waals surface area contributed by atoms with Crippen LogP contribution < -0.4 is 15.8 Å². The molecule has 0 saturated carbocycles. The number of nitrogens with one attached hydrogen (secondary N) is 1. The summed E-state index contributed by atoms with van der Waals surface area (Å²) in [6.45, 7) is 7.69. The van der Waals surface area contributed by atoms with Gasteiger partial charge >= 0.3 is 0 Å². The van der Waals surface area contributed by atoms with Crippen molar-refractivity contribution in [3.05, 3.63) is 45.6 Å². The molecule has 0 aliphatic heterocycles. The van der Waals surface area contributed by atoms with Gasteiger partial charge in [-0.25, -0.2) is 4.98 Å². The maximum absolute atomic E-state index is 12.8. The standard InChI is InChI=1S/C20H23N3O4S/c1-10(2)18(19(21)24)23-20(25)17-12(4)27-15-6-5-13(7-14(15)17)26-8-16-11(3)22-9-28-16/h5-7,9-10,18H,8H2,1-4H3,(H2,21,24)(H,23,25). The van der Waals surface area contributed by atoms with Crippen LogP contribution in [0.3, 0.4) is 0 Å². The first-order chi connectivity index (χ1) is 13.3. The highest BCUT2D eigenvalue weighted by atomic mass is 32.1. The number of hydrogen-bond donors (Lipinski definition) is 2. The number of carbonyl (C=O) groups is 2. The predicted molar refractivity (Wildman–Crippen MR) is 107 cm³/mol. The summed E-state index contributed by atoms with van der Waals surface area (Å²) in [6, 6.07) is 4.57. The zero-order chi connectivity index (χ0) is 20.4. The molecule has 0 aliphatic carbocycles. The van der Waals surface area contributed by atoms with E-state index < -0.39 is 17.9 Å². The molecule has 2 aromatic heterocycles. The molecule has 0 spiro atoms. The fourth-order valence-corrected chi connectivity index (χ4v) is 3.65. The smallest absolute Gasteiger partial charge is 0.256 e. The molecular weight excluding hydrogens is 378 g/mol. The zero-order valence-corrected chi connectivity index (χ0v) is 17.1. The minimum atomic E-state index is -0.759. The molecule has 7 nitrogen and oxygen atoms in total. The largest absolute Gasteiger partial charge is 0.488 e. The van der Waals surface area contributed by atoms with Crippen LogP contribution in [0.1, 0.15) is 40.5 Å². The van der Waals surface area contributed by atoms with Crippen molar-refractivity contribution in [1.82, 2.24) is 10.3 Å². The predicted octanol–water partition coefficient (Wildman–Crippen LogP) is 3.32. The minimum Gasteiger partial charge on any atom is -0.488 e. The second-order valence-electron chi connectivity index (χ2n) is 6.94. The zero-order valence-electron chi connectivity index (χ0n) is 16.2. The molecule has 28 heavy (non-hydrogen) atoms. The Balaban J connectivity index is 1.87. The van der Waals surface area contributed by atoms with Crippen LogP contribution >= 0.6 is 11.3 Å². The number of aromatic nitrogens is 1. The first kappa shape index (κ1) is 19.9. The number of amides is 2. The number of ether oxygens (including phenoxy) is 1. The van der Waals surface area contributed by atoms with Gasteiger partial charge in [-0.1, -0.05) is 13.8 Å². The third-order valence-corrected chi connectivity index (χ3v) is 5.45. The highest BCUT2D eigenvalue weighted by molar-refractivity contribution is 7.09. The molecule has 8 heteroatoms. The lowest BCUT2D eigenvalue weighted by atomic mass is 10.0. The number of thiazole rings is 1. The molecule has 3 N–H and O–H groups in total. The number of primary amides is 1. The summed E-state index contributed by atoms with van der Waals surface area (Å²) >= 11 is 1.53. The van der Waals surface area contributed by atoms with Crippen molar-refractivity contribution in [1.29, 1.82) is 0 Å². The summed E-state index contributed by atoms with van der Waals surface area (Å²) in [5.74, 6) is -0.0104. The van der Waals surface area contributed by atoms with E-state index in [2.05, 4.69) is 10.3 Å². The van der Waals surface area contributed by atoms with Crippen molar-refractivity contribution in [3.8, 4) is 5.75 Å². The quantitative estimate of drug-likeness (QED) is 0.631. The Bertz CT molecular complexity index is 1020. The van der Waals surface area contributed by atoms with Gasteiger partial charge in [0.15, 0.2) is 0 Å². The molecule has 148 valence electrons. The van der Waals surface area contributed by atoms with Crippen molar-refractivity contribution >= 4 is 34.1 Å². The van der Waals surface area contributed by atoms with Crippen LogP contribution in [0, 0.1) is 19.8 Å². The van der Waals surface area contributed by atoms with Crippen molar-refractivity contribution in [2.45, 2.75) is 40.3 Å². The summed E-state index contributed by atoms with van der Waals surface area (Å²) in [6.07, 6.45) is 0. The van der Waals surface area contributed by atoms with Gasteiger partial charge in [-0.05, 0) is 38.0 Å². The van der Waals surface area contributed by atoms with Crippen LogP contribution in [0.15, 0.2) is 28.1 Å². The molecule has 0 aliphatic rings. The Kier molecular flexibility index (Phi) is 5.69. The van der Waals surface area contributed by atoms with E-state index in [1.807, 2.05) is 20.8 Å². The number of aryl methyl sites for hydroxylation is 2. The van der Waals surface area contributed by atoms with Gasteiger partial charge in [-0.3, -0.25) is 9.59 Å². The summed E-state index contributed by atoms with van der Waals surface area (Å²) in [4.78, 5) is 29.7. The van der Waals surface area contributed by atoms with E-state index in [1.165, 1.54) is 11.3 Å². The van der Waals surface area contributed by atoms with Gasteiger partial charge in [-0.15, -0.1) is 11.3 Å².